The van der Waals surface area contributed by atoms with Crippen LogP contribution < -0.4 is 10.4 Å². The van der Waals surface area contributed by atoms with E-state index in [2.05, 4.69) is 9.98 Å². The first kappa shape index (κ1) is 17.3. The molecule has 3 aromatic rings. The first-order valence-electron chi connectivity index (χ1n) is 7.61. The Labute approximate surface area is 144 Å². The number of pyridine rings is 1. The van der Waals surface area contributed by atoms with Gasteiger partial charge in [0.05, 0.1) is 16.6 Å². The topological polar surface area (TPSA) is 47.2 Å². The van der Waals surface area contributed by atoms with E-state index >= 15 is 0 Å². The van der Waals surface area contributed by atoms with Gasteiger partial charge in [0.15, 0.2) is 4.80 Å². The molecule has 0 amide bonds. The van der Waals surface area contributed by atoms with Gasteiger partial charge in [0, 0.05) is 12.7 Å². The fourth-order valence-corrected chi connectivity index (χ4v) is 3.34. The van der Waals surface area contributed by atoms with E-state index in [0.29, 0.717) is 27.3 Å². The maximum Gasteiger partial charge on any atom is 0.416 e. The molecule has 0 fully saturated rings. The van der Waals surface area contributed by atoms with Gasteiger partial charge in [-0.1, -0.05) is 18.3 Å². The predicted molar refractivity (Wildman–Crippen MR) is 90.8 cm³/mol. The van der Waals surface area contributed by atoms with Gasteiger partial charge in [-0.25, -0.2) is 9.98 Å². The second kappa shape index (κ2) is 6.79. The molecule has 3 rings (SSSR count). The lowest BCUT2D eigenvalue weighted by Crippen LogP contribution is -2.31. The molecule has 0 aliphatic rings. The molecule has 0 atom stereocenters. The van der Waals surface area contributed by atoms with Gasteiger partial charge in [-0.3, -0.25) is 9.36 Å². The Bertz CT molecular complexity index is 1020. The minimum atomic E-state index is -4.39. The van der Waals surface area contributed by atoms with Crippen LogP contribution in [0.2, 0.25) is 0 Å². The minimum Gasteiger partial charge on any atom is -0.284 e. The Morgan fingerprint density at radius 1 is 1.20 bits per heavy atom. The molecule has 1 aromatic carbocycles. The Kier molecular flexibility index (Phi) is 4.71. The first-order valence-corrected chi connectivity index (χ1v) is 8.42. The van der Waals surface area contributed by atoms with Crippen molar-refractivity contribution in [3.8, 4) is 0 Å². The van der Waals surface area contributed by atoms with E-state index in [-0.39, 0.29) is 5.56 Å². The van der Waals surface area contributed by atoms with E-state index in [1.807, 2.05) is 6.92 Å². The molecule has 0 saturated heterocycles. The summed E-state index contributed by atoms with van der Waals surface area (Å²) in [5.74, 6) is 0. The number of rotatable bonds is 3. The van der Waals surface area contributed by atoms with E-state index in [4.69, 9.17) is 0 Å². The van der Waals surface area contributed by atoms with Crippen molar-refractivity contribution < 1.29 is 13.2 Å². The highest BCUT2D eigenvalue weighted by molar-refractivity contribution is 7.15. The third-order valence-corrected chi connectivity index (χ3v) is 4.55. The Morgan fingerprint density at radius 3 is 2.56 bits per heavy atom. The molecular weight excluding hydrogens is 351 g/mol. The second-order valence-electron chi connectivity index (χ2n) is 5.35. The van der Waals surface area contributed by atoms with Gasteiger partial charge in [0.2, 0.25) is 0 Å². The maximum absolute atomic E-state index is 12.7. The minimum absolute atomic E-state index is 0.200. The highest BCUT2D eigenvalue weighted by atomic mass is 32.1. The number of fused-ring (bicyclic) bond motifs is 1. The van der Waals surface area contributed by atoms with Crippen molar-refractivity contribution >= 4 is 27.2 Å². The summed E-state index contributed by atoms with van der Waals surface area (Å²) >= 11 is 1.24. The quantitative estimate of drug-likeness (QED) is 0.701. The predicted octanol–water partition coefficient (Wildman–Crippen LogP) is 4.12. The van der Waals surface area contributed by atoms with Gasteiger partial charge >= 0.3 is 6.18 Å². The molecule has 2 heterocycles. The largest absolute Gasteiger partial charge is 0.416 e. The Hall–Kier alpha value is -2.48. The molecule has 0 saturated carbocycles. The number of aromatic nitrogens is 2. The third-order valence-electron chi connectivity index (χ3n) is 3.53. The molecule has 0 N–H and O–H groups in total. The van der Waals surface area contributed by atoms with Crippen LogP contribution in [0.5, 0.6) is 0 Å². The van der Waals surface area contributed by atoms with Crippen LogP contribution in [0.4, 0.5) is 18.9 Å². The molecule has 0 unspecified atom stereocenters. The van der Waals surface area contributed by atoms with Crippen LogP contribution in [0.1, 0.15) is 18.9 Å². The Balaban J connectivity index is 2.18. The summed E-state index contributed by atoms with van der Waals surface area (Å²) in [6.07, 6.45) is -2.07. The van der Waals surface area contributed by atoms with Crippen LogP contribution in [-0.2, 0) is 12.7 Å². The van der Waals surface area contributed by atoms with Gasteiger partial charge in [-0.05, 0) is 42.8 Å². The fraction of sp³-hybridized carbons (Fsp3) is 0.235. The molecule has 2 aromatic heterocycles. The second-order valence-corrected chi connectivity index (χ2v) is 6.31. The molecule has 8 heteroatoms. The normalized spacial score (nSPS) is 12.7. The molecule has 0 bridgehead atoms. The zero-order valence-electron chi connectivity index (χ0n) is 13.2. The molecular formula is C17H14F3N3OS. The summed E-state index contributed by atoms with van der Waals surface area (Å²) < 4.78 is 39.5. The average Bonchev–Trinajstić information content (AvgIpc) is 2.58. The van der Waals surface area contributed by atoms with Gasteiger partial charge in [0.25, 0.3) is 5.56 Å². The highest BCUT2D eigenvalue weighted by Crippen LogP contribution is 2.30. The van der Waals surface area contributed by atoms with Crippen LogP contribution >= 0.6 is 11.3 Å². The average molecular weight is 365 g/mol. The molecule has 25 heavy (non-hydrogen) atoms. The zero-order valence-corrected chi connectivity index (χ0v) is 14.1. The summed E-state index contributed by atoms with van der Waals surface area (Å²) in [5.41, 5.74) is -0.584. The van der Waals surface area contributed by atoms with E-state index in [9.17, 15) is 18.0 Å². The fourth-order valence-electron chi connectivity index (χ4n) is 2.35. The molecule has 0 aliphatic carbocycles. The van der Waals surface area contributed by atoms with Crippen molar-refractivity contribution in [3.05, 3.63) is 63.3 Å². The van der Waals surface area contributed by atoms with Crippen LogP contribution in [0, 0.1) is 0 Å². The van der Waals surface area contributed by atoms with Crippen LogP contribution in [0.3, 0.4) is 0 Å². The molecule has 0 radical (unpaired) electrons. The number of nitrogens with zero attached hydrogens (tertiary/aromatic N) is 3. The van der Waals surface area contributed by atoms with Crippen LogP contribution in [0.25, 0.3) is 10.2 Å². The van der Waals surface area contributed by atoms with Crippen molar-refractivity contribution in [2.24, 2.45) is 4.99 Å². The number of halogens is 3. The standard InChI is InChI=1S/C17H14F3N3OS/c1-2-10-23-15(24)13-4-3-9-21-14(13)25-16(23)22-12-7-5-11(6-8-12)17(18,19)20/h3-9H,2,10H2,1H3. The van der Waals surface area contributed by atoms with E-state index in [1.54, 1.807) is 18.3 Å². The maximum atomic E-state index is 12.7. The molecule has 0 spiro atoms. The van der Waals surface area contributed by atoms with Crippen LogP contribution in [-0.4, -0.2) is 9.55 Å². The van der Waals surface area contributed by atoms with Crippen molar-refractivity contribution in [1.29, 1.82) is 0 Å². The van der Waals surface area contributed by atoms with Gasteiger partial charge in [-0.15, -0.1) is 0 Å². The third kappa shape index (κ3) is 3.63. The molecule has 4 nitrogen and oxygen atoms in total. The van der Waals surface area contributed by atoms with Gasteiger partial charge < -0.3 is 0 Å². The zero-order chi connectivity index (χ0) is 18.0. The smallest absolute Gasteiger partial charge is 0.284 e. The summed E-state index contributed by atoms with van der Waals surface area (Å²) in [6, 6.07) is 7.93. The number of hydrogen-bond acceptors (Lipinski definition) is 4. The van der Waals surface area contributed by atoms with Crippen molar-refractivity contribution in [2.45, 2.75) is 26.1 Å². The van der Waals surface area contributed by atoms with Crippen LogP contribution in [0.15, 0.2) is 52.4 Å². The number of benzene rings is 1. The summed E-state index contributed by atoms with van der Waals surface area (Å²) in [7, 11) is 0. The van der Waals surface area contributed by atoms with Crippen molar-refractivity contribution in [1.82, 2.24) is 9.55 Å². The van der Waals surface area contributed by atoms with Crippen molar-refractivity contribution in [2.75, 3.05) is 0 Å². The summed E-state index contributed by atoms with van der Waals surface area (Å²) in [4.78, 5) is 22.2. The first-order chi connectivity index (χ1) is 11.9. The number of alkyl halides is 3. The van der Waals surface area contributed by atoms with Crippen molar-refractivity contribution in [3.63, 3.8) is 0 Å². The molecule has 130 valence electrons. The lowest BCUT2D eigenvalue weighted by Gasteiger charge is -2.07. The lowest BCUT2D eigenvalue weighted by molar-refractivity contribution is -0.137. The lowest BCUT2D eigenvalue weighted by atomic mass is 10.2. The summed E-state index contributed by atoms with van der Waals surface area (Å²) in [6.45, 7) is 2.41. The van der Waals surface area contributed by atoms with E-state index in [1.165, 1.54) is 28.0 Å². The highest BCUT2D eigenvalue weighted by Gasteiger charge is 2.29. The summed E-state index contributed by atoms with van der Waals surface area (Å²) in [5, 5.41) is 0.507. The Morgan fingerprint density at radius 2 is 1.92 bits per heavy atom. The van der Waals surface area contributed by atoms with E-state index < -0.39 is 11.7 Å². The number of hydrogen-bond donors (Lipinski definition) is 0. The molecule has 0 aliphatic heterocycles. The van der Waals surface area contributed by atoms with Gasteiger partial charge in [-0.2, -0.15) is 13.2 Å². The monoisotopic (exact) mass is 365 g/mol. The van der Waals surface area contributed by atoms with E-state index in [0.717, 1.165) is 18.6 Å². The van der Waals surface area contributed by atoms with Gasteiger partial charge in [0.1, 0.15) is 4.83 Å². The SMILES string of the molecule is CCCn1c(=Nc2ccc(C(F)(F)F)cc2)sc2ncccc2c1=O.